The number of amides is 1. The van der Waals surface area contributed by atoms with Crippen LogP contribution >= 0.6 is 11.3 Å². The summed E-state index contributed by atoms with van der Waals surface area (Å²) in [6, 6.07) is 5.63. The average molecular weight is 362 g/mol. The molecule has 0 radical (unpaired) electrons. The number of carbonyl (C=O) groups is 2. The van der Waals surface area contributed by atoms with Gasteiger partial charge in [0.25, 0.3) is 0 Å². The standard InChI is InChI=1S/C18H22N2O4S/c1-4-6-15(21)19-18-20-17(14(25-18)10-16(22)23)12-7-8-13(24-5-2)11(3)9-12/h7-9H,4-6,10H2,1-3H3,(H,22,23)(H,19,20,21). The van der Waals surface area contributed by atoms with Crippen molar-refractivity contribution in [2.45, 2.75) is 40.0 Å². The van der Waals surface area contributed by atoms with Gasteiger partial charge in [-0.2, -0.15) is 0 Å². The number of carboxylic acid groups (broad SMARTS) is 1. The predicted molar refractivity (Wildman–Crippen MR) is 98.3 cm³/mol. The summed E-state index contributed by atoms with van der Waals surface area (Å²) in [6.07, 6.45) is 1.01. The number of carbonyl (C=O) groups excluding carboxylic acids is 1. The van der Waals surface area contributed by atoms with Crippen molar-refractivity contribution in [2.24, 2.45) is 0 Å². The Morgan fingerprint density at radius 3 is 2.68 bits per heavy atom. The van der Waals surface area contributed by atoms with Gasteiger partial charge in [-0.3, -0.25) is 9.59 Å². The smallest absolute Gasteiger partial charge is 0.308 e. The van der Waals surface area contributed by atoms with Crippen LogP contribution in [0.25, 0.3) is 11.3 Å². The molecule has 0 bridgehead atoms. The number of hydrogen-bond acceptors (Lipinski definition) is 5. The van der Waals surface area contributed by atoms with Crippen LogP contribution < -0.4 is 10.1 Å². The third-order valence-corrected chi connectivity index (χ3v) is 4.45. The zero-order chi connectivity index (χ0) is 18.4. The van der Waals surface area contributed by atoms with Gasteiger partial charge in [0.15, 0.2) is 5.13 Å². The molecule has 0 aliphatic carbocycles. The van der Waals surface area contributed by atoms with Crippen LogP contribution in [0.5, 0.6) is 5.75 Å². The molecule has 1 amide bonds. The molecule has 7 heteroatoms. The van der Waals surface area contributed by atoms with Gasteiger partial charge in [-0.15, -0.1) is 11.3 Å². The number of aromatic nitrogens is 1. The van der Waals surface area contributed by atoms with Crippen LogP contribution in [0.2, 0.25) is 0 Å². The Labute approximate surface area is 150 Å². The molecule has 1 aromatic carbocycles. The number of aliphatic carboxylic acids is 1. The van der Waals surface area contributed by atoms with Crippen molar-refractivity contribution in [3.8, 4) is 17.0 Å². The molecule has 0 unspecified atom stereocenters. The minimum absolute atomic E-state index is 0.118. The maximum absolute atomic E-state index is 11.8. The molecule has 0 aliphatic heterocycles. The third-order valence-electron chi connectivity index (χ3n) is 3.48. The summed E-state index contributed by atoms with van der Waals surface area (Å²) in [5, 5.41) is 12.3. The number of nitrogens with zero attached hydrogens (tertiary/aromatic N) is 1. The summed E-state index contributed by atoms with van der Waals surface area (Å²) in [7, 11) is 0. The van der Waals surface area contributed by atoms with E-state index >= 15 is 0 Å². The molecule has 0 saturated heterocycles. The summed E-state index contributed by atoms with van der Waals surface area (Å²) < 4.78 is 5.54. The van der Waals surface area contributed by atoms with Crippen LogP contribution in [0.1, 0.15) is 37.1 Å². The molecule has 0 fully saturated rings. The van der Waals surface area contributed by atoms with Gasteiger partial charge in [-0.05, 0) is 44.0 Å². The van der Waals surface area contributed by atoms with E-state index in [2.05, 4.69) is 10.3 Å². The average Bonchev–Trinajstić information content (AvgIpc) is 2.91. The van der Waals surface area contributed by atoms with Gasteiger partial charge >= 0.3 is 5.97 Å². The molecule has 1 heterocycles. The maximum Gasteiger partial charge on any atom is 0.308 e. The van der Waals surface area contributed by atoms with Crippen molar-refractivity contribution >= 4 is 28.3 Å². The monoisotopic (exact) mass is 362 g/mol. The van der Waals surface area contributed by atoms with Crippen LogP contribution in [-0.4, -0.2) is 28.6 Å². The van der Waals surface area contributed by atoms with Crippen molar-refractivity contribution < 1.29 is 19.4 Å². The van der Waals surface area contributed by atoms with E-state index in [1.807, 2.05) is 39.0 Å². The Balaban J connectivity index is 2.37. The quantitative estimate of drug-likeness (QED) is 0.744. The molecule has 0 aliphatic rings. The van der Waals surface area contributed by atoms with Crippen molar-refractivity contribution in [3.05, 3.63) is 28.6 Å². The number of anilines is 1. The van der Waals surface area contributed by atoms with Crippen molar-refractivity contribution in [3.63, 3.8) is 0 Å². The van der Waals surface area contributed by atoms with E-state index in [9.17, 15) is 9.59 Å². The fourth-order valence-electron chi connectivity index (χ4n) is 2.41. The summed E-state index contributed by atoms with van der Waals surface area (Å²) in [5.74, 6) is -0.260. The number of hydrogen-bond donors (Lipinski definition) is 2. The first kappa shape index (κ1) is 18.9. The highest BCUT2D eigenvalue weighted by molar-refractivity contribution is 7.16. The predicted octanol–water partition coefficient (Wildman–Crippen LogP) is 3.88. The number of rotatable bonds is 8. The lowest BCUT2D eigenvalue weighted by atomic mass is 10.1. The highest BCUT2D eigenvalue weighted by Gasteiger charge is 2.17. The third kappa shape index (κ3) is 5.03. The minimum atomic E-state index is -0.931. The number of aryl methyl sites for hydroxylation is 1. The molecule has 2 rings (SSSR count). The molecule has 0 spiro atoms. The molecule has 0 saturated carbocycles. The van der Waals surface area contributed by atoms with Gasteiger partial charge in [0.1, 0.15) is 5.75 Å². The van der Waals surface area contributed by atoms with Crippen LogP contribution in [0.4, 0.5) is 5.13 Å². The SMILES string of the molecule is CCCC(=O)Nc1nc(-c2ccc(OCC)c(C)c2)c(CC(=O)O)s1. The zero-order valence-corrected chi connectivity index (χ0v) is 15.4. The van der Waals surface area contributed by atoms with E-state index in [1.54, 1.807) is 0 Å². The Kier molecular flexibility index (Phi) is 6.52. The van der Waals surface area contributed by atoms with E-state index in [0.717, 1.165) is 23.3 Å². The lowest BCUT2D eigenvalue weighted by Crippen LogP contribution is -2.10. The molecule has 25 heavy (non-hydrogen) atoms. The van der Waals surface area contributed by atoms with Gasteiger partial charge < -0.3 is 15.2 Å². The molecule has 2 aromatic rings. The fraction of sp³-hybridized carbons (Fsp3) is 0.389. The van der Waals surface area contributed by atoms with E-state index in [4.69, 9.17) is 9.84 Å². The molecule has 2 N–H and O–H groups in total. The second-order valence-corrected chi connectivity index (χ2v) is 6.66. The summed E-state index contributed by atoms with van der Waals surface area (Å²) >= 11 is 1.20. The Bertz CT molecular complexity index is 770. The van der Waals surface area contributed by atoms with Gasteiger partial charge in [0.2, 0.25) is 5.91 Å². The zero-order valence-electron chi connectivity index (χ0n) is 14.6. The molecular formula is C18H22N2O4S. The lowest BCUT2D eigenvalue weighted by Gasteiger charge is -2.08. The number of carboxylic acids is 1. The number of thiazole rings is 1. The molecule has 0 atom stereocenters. The van der Waals surface area contributed by atoms with Crippen LogP contribution in [0.3, 0.4) is 0 Å². The molecular weight excluding hydrogens is 340 g/mol. The van der Waals surface area contributed by atoms with Crippen molar-refractivity contribution in [2.75, 3.05) is 11.9 Å². The molecule has 1 aromatic heterocycles. The van der Waals surface area contributed by atoms with E-state index in [1.165, 1.54) is 11.3 Å². The number of ether oxygens (including phenoxy) is 1. The van der Waals surface area contributed by atoms with Gasteiger partial charge in [0, 0.05) is 16.9 Å². The maximum atomic E-state index is 11.8. The summed E-state index contributed by atoms with van der Waals surface area (Å²) in [4.78, 5) is 28.0. The van der Waals surface area contributed by atoms with Crippen LogP contribution in [-0.2, 0) is 16.0 Å². The Morgan fingerprint density at radius 2 is 2.08 bits per heavy atom. The van der Waals surface area contributed by atoms with Gasteiger partial charge in [-0.25, -0.2) is 4.98 Å². The first-order valence-electron chi connectivity index (χ1n) is 8.19. The topological polar surface area (TPSA) is 88.5 Å². The van der Waals surface area contributed by atoms with Crippen LogP contribution in [0.15, 0.2) is 18.2 Å². The van der Waals surface area contributed by atoms with E-state index in [-0.39, 0.29) is 12.3 Å². The lowest BCUT2D eigenvalue weighted by molar-refractivity contribution is -0.136. The second kappa shape index (κ2) is 8.62. The largest absolute Gasteiger partial charge is 0.494 e. The minimum Gasteiger partial charge on any atom is -0.494 e. The number of nitrogens with one attached hydrogen (secondary N) is 1. The highest BCUT2D eigenvalue weighted by Crippen LogP contribution is 2.34. The summed E-state index contributed by atoms with van der Waals surface area (Å²) in [5.41, 5.74) is 2.35. The van der Waals surface area contributed by atoms with Gasteiger partial charge in [0.05, 0.1) is 18.7 Å². The van der Waals surface area contributed by atoms with Crippen molar-refractivity contribution in [1.29, 1.82) is 0 Å². The Hall–Kier alpha value is -2.41. The van der Waals surface area contributed by atoms with E-state index < -0.39 is 5.97 Å². The fourth-order valence-corrected chi connectivity index (χ4v) is 3.40. The normalized spacial score (nSPS) is 10.5. The first-order valence-corrected chi connectivity index (χ1v) is 9.01. The Morgan fingerprint density at radius 1 is 1.32 bits per heavy atom. The van der Waals surface area contributed by atoms with Gasteiger partial charge in [-0.1, -0.05) is 6.92 Å². The van der Waals surface area contributed by atoms with E-state index in [0.29, 0.717) is 28.7 Å². The number of benzene rings is 1. The highest BCUT2D eigenvalue weighted by atomic mass is 32.1. The summed E-state index contributed by atoms with van der Waals surface area (Å²) in [6.45, 7) is 6.35. The first-order chi connectivity index (χ1) is 11.9. The molecule has 6 nitrogen and oxygen atoms in total. The van der Waals surface area contributed by atoms with Crippen molar-refractivity contribution in [1.82, 2.24) is 4.98 Å². The second-order valence-electron chi connectivity index (χ2n) is 5.57. The molecule has 134 valence electrons. The van der Waals surface area contributed by atoms with Crippen LogP contribution in [0, 0.1) is 6.92 Å².